The van der Waals surface area contributed by atoms with Gasteiger partial charge in [-0.2, -0.15) is 4.37 Å². The van der Waals surface area contributed by atoms with Gasteiger partial charge in [0.15, 0.2) is 0 Å². The van der Waals surface area contributed by atoms with Crippen molar-refractivity contribution >= 4 is 16.7 Å². The van der Waals surface area contributed by atoms with E-state index < -0.39 is 0 Å². The molecule has 5 heteroatoms. The Labute approximate surface area is 107 Å². The summed E-state index contributed by atoms with van der Waals surface area (Å²) < 4.78 is 4.29. The zero-order valence-electron chi connectivity index (χ0n) is 10.4. The first kappa shape index (κ1) is 11.4. The minimum Gasteiger partial charge on any atom is -0.347 e. The van der Waals surface area contributed by atoms with Gasteiger partial charge in [-0.25, -0.2) is 4.98 Å². The van der Waals surface area contributed by atoms with Crippen LogP contribution in [0.5, 0.6) is 0 Å². The van der Waals surface area contributed by atoms with Gasteiger partial charge in [0.1, 0.15) is 5.82 Å². The van der Waals surface area contributed by atoms with Crippen molar-refractivity contribution in [2.24, 2.45) is 5.92 Å². The summed E-state index contributed by atoms with van der Waals surface area (Å²) in [5.41, 5.74) is 0. The van der Waals surface area contributed by atoms with Crippen LogP contribution in [-0.4, -0.2) is 35.0 Å². The van der Waals surface area contributed by atoms with Gasteiger partial charge in [0.2, 0.25) is 5.13 Å². The lowest BCUT2D eigenvalue weighted by molar-refractivity contribution is 0.328. The molecule has 1 aromatic rings. The molecule has 0 aliphatic carbocycles. The molecule has 0 amide bonds. The summed E-state index contributed by atoms with van der Waals surface area (Å²) in [6.45, 7) is 5.49. The number of hydrogen-bond acceptors (Lipinski definition) is 5. The number of nitrogens with zero attached hydrogens (tertiary/aromatic N) is 3. The summed E-state index contributed by atoms with van der Waals surface area (Å²) in [4.78, 5) is 6.94. The normalized spacial score (nSPS) is 29.8. The van der Waals surface area contributed by atoms with E-state index in [-0.39, 0.29) is 0 Å². The lowest BCUT2D eigenvalue weighted by atomic mass is 9.90. The van der Waals surface area contributed by atoms with E-state index in [1.165, 1.54) is 32.2 Å². The minimum absolute atomic E-state index is 0.742. The maximum absolute atomic E-state index is 4.51. The van der Waals surface area contributed by atoms with E-state index in [9.17, 15) is 0 Å². The van der Waals surface area contributed by atoms with Crippen LogP contribution in [0.2, 0.25) is 0 Å². The zero-order valence-corrected chi connectivity index (χ0v) is 11.2. The second-order valence-electron chi connectivity index (χ2n) is 5.18. The van der Waals surface area contributed by atoms with Gasteiger partial charge in [-0.3, -0.25) is 0 Å². The van der Waals surface area contributed by atoms with Crippen LogP contribution in [0.3, 0.4) is 0 Å². The third-order valence-electron chi connectivity index (χ3n) is 3.91. The highest BCUT2D eigenvalue weighted by Crippen LogP contribution is 2.28. The first-order valence-electron chi connectivity index (χ1n) is 6.61. The average Bonchev–Trinajstić information content (AvgIpc) is 3.00. The summed E-state index contributed by atoms with van der Waals surface area (Å²) in [6.07, 6.45) is 5.36. The molecule has 0 spiro atoms. The standard InChI is InChI=1S/C12H20N4S/c1-9-14-12(17-15-9)16-7-3-4-10(8-16)11-5-2-6-13-11/h10-11,13H,2-8H2,1H3. The van der Waals surface area contributed by atoms with Gasteiger partial charge in [-0.05, 0) is 45.1 Å². The van der Waals surface area contributed by atoms with Crippen LogP contribution in [0, 0.1) is 12.8 Å². The molecule has 2 unspecified atom stereocenters. The average molecular weight is 252 g/mol. The Morgan fingerprint density at radius 1 is 1.35 bits per heavy atom. The summed E-state index contributed by atoms with van der Waals surface area (Å²) in [5.74, 6) is 1.71. The third-order valence-corrected chi connectivity index (χ3v) is 4.78. The molecule has 0 aromatic carbocycles. The largest absolute Gasteiger partial charge is 0.347 e. The van der Waals surface area contributed by atoms with Crippen molar-refractivity contribution in [3.8, 4) is 0 Å². The molecule has 3 heterocycles. The molecule has 1 aromatic heterocycles. The van der Waals surface area contributed by atoms with Gasteiger partial charge in [-0.15, -0.1) is 0 Å². The van der Waals surface area contributed by atoms with Crippen LogP contribution in [0.25, 0.3) is 0 Å². The van der Waals surface area contributed by atoms with Crippen LogP contribution in [0.15, 0.2) is 0 Å². The third kappa shape index (κ3) is 2.45. The highest BCUT2D eigenvalue weighted by Gasteiger charge is 2.29. The molecule has 0 saturated carbocycles. The Morgan fingerprint density at radius 3 is 3.00 bits per heavy atom. The SMILES string of the molecule is Cc1nsc(N2CCCC(C3CCCN3)C2)n1. The first-order valence-corrected chi connectivity index (χ1v) is 7.39. The number of nitrogens with one attached hydrogen (secondary N) is 1. The molecular formula is C12H20N4S. The van der Waals surface area contributed by atoms with E-state index in [0.717, 1.165) is 36.0 Å². The summed E-state index contributed by atoms with van der Waals surface area (Å²) in [5, 5.41) is 4.76. The fraction of sp³-hybridized carbons (Fsp3) is 0.833. The van der Waals surface area contributed by atoms with Crippen molar-refractivity contribution in [2.45, 2.75) is 38.6 Å². The lowest BCUT2D eigenvalue weighted by Gasteiger charge is -2.35. The molecule has 94 valence electrons. The Morgan fingerprint density at radius 2 is 2.29 bits per heavy atom. The molecular weight excluding hydrogens is 232 g/mol. The Kier molecular flexibility index (Phi) is 3.29. The predicted octanol–water partition coefficient (Wildman–Crippen LogP) is 1.81. The second kappa shape index (κ2) is 4.90. The highest BCUT2D eigenvalue weighted by molar-refractivity contribution is 7.09. The fourth-order valence-electron chi connectivity index (χ4n) is 3.04. The molecule has 0 radical (unpaired) electrons. The number of aromatic nitrogens is 2. The predicted molar refractivity (Wildman–Crippen MR) is 70.6 cm³/mol. The van der Waals surface area contributed by atoms with Crippen LogP contribution < -0.4 is 10.2 Å². The Balaban J connectivity index is 1.66. The number of rotatable bonds is 2. The maximum atomic E-state index is 4.51. The van der Waals surface area contributed by atoms with Gasteiger partial charge >= 0.3 is 0 Å². The van der Waals surface area contributed by atoms with Crippen LogP contribution in [0.1, 0.15) is 31.5 Å². The van der Waals surface area contributed by atoms with Crippen molar-refractivity contribution in [3.63, 3.8) is 0 Å². The van der Waals surface area contributed by atoms with Gasteiger partial charge in [0.25, 0.3) is 0 Å². The summed E-state index contributed by atoms with van der Waals surface area (Å²) >= 11 is 1.55. The molecule has 3 rings (SSSR count). The first-order chi connectivity index (χ1) is 8.33. The lowest BCUT2D eigenvalue weighted by Crippen LogP contribution is -2.43. The van der Waals surface area contributed by atoms with Crippen molar-refractivity contribution in [3.05, 3.63) is 5.82 Å². The van der Waals surface area contributed by atoms with Gasteiger partial charge in [-0.1, -0.05) is 0 Å². The van der Waals surface area contributed by atoms with E-state index in [4.69, 9.17) is 0 Å². The Hall–Kier alpha value is -0.680. The van der Waals surface area contributed by atoms with E-state index in [2.05, 4.69) is 19.6 Å². The quantitative estimate of drug-likeness (QED) is 0.871. The fourth-order valence-corrected chi connectivity index (χ4v) is 3.75. The van der Waals surface area contributed by atoms with E-state index in [1.807, 2.05) is 6.92 Å². The van der Waals surface area contributed by atoms with Gasteiger partial charge in [0.05, 0.1) is 0 Å². The Bertz CT molecular complexity index is 372. The van der Waals surface area contributed by atoms with Crippen LogP contribution >= 0.6 is 11.5 Å². The maximum Gasteiger partial charge on any atom is 0.205 e. The topological polar surface area (TPSA) is 41.1 Å². The monoisotopic (exact) mass is 252 g/mol. The molecule has 1 N–H and O–H groups in total. The summed E-state index contributed by atoms with van der Waals surface area (Å²) in [6, 6.07) is 0.742. The van der Waals surface area contributed by atoms with Crippen molar-refractivity contribution < 1.29 is 0 Å². The van der Waals surface area contributed by atoms with Crippen LogP contribution in [0.4, 0.5) is 5.13 Å². The van der Waals surface area contributed by atoms with Gasteiger partial charge < -0.3 is 10.2 Å². The summed E-state index contributed by atoms with van der Waals surface area (Å²) in [7, 11) is 0. The van der Waals surface area contributed by atoms with Crippen LogP contribution in [-0.2, 0) is 0 Å². The van der Waals surface area contributed by atoms with Gasteiger partial charge in [0, 0.05) is 30.7 Å². The number of piperidine rings is 1. The molecule has 0 bridgehead atoms. The second-order valence-corrected chi connectivity index (χ2v) is 5.91. The highest BCUT2D eigenvalue weighted by atomic mass is 32.1. The smallest absolute Gasteiger partial charge is 0.205 e. The number of aryl methyl sites for hydroxylation is 1. The molecule has 2 saturated heterocycles. The number of hydrogen-bond donors (Lipinski definition) is 1. The zero-order chi connectivity index (χ0) is 11.7. The van der Waals surface area contributed by atoms with E-state index in [1.54, 1.807) is 11.5 Å². The number of anilines is 1. The van der Waals surface area contributed by atoms with Crippen molar-refractivity contribution in [1.82, 2.24) is 14.7 Å². The molecule has 2 fully saturated rings. The van der Waals surface area contributed by atoms with E-state index in [0.29, 0.717) is 0 Å². The molecule has 4 nitrogen and oxygen atoms in total. The molecule has 2 aliphatic rings. The minimum atomic E-state index is 0.742. The van der Waals surface area contributed by atoms with Crippen molar-refractivity contribution in [2.75, 3.05) is 24.5 Å². The molecule has 2 atom stereocenters. The van der Waals surface area contributed by atoms with Crippen molar-refractivity contribution in [1.29, 1.82) is 0 Å². The molecule has 2 aliphatic heterocycles. The molecule has 17 heavy (non-hydrogen) atoms. The van der Waals surface area contributed by atoms with E-state index >= 15 is 0 Å².